The number of fused-ring (bicyclic) bond motifs is 1. The van der Waals surface area contributed by atoms with Crippen molar-refractivity contribution in [3.63, 3.8) is 0 Å². The SMILES string of the molecule is CC(=O)OC(C(=O)[C@@H]1O[C@H](O[Si](C)(C)C(C)(C)C)[C@H]2OC(C)(C)O[C@H]21)[C@H]1COC(C)(C)O1. The fourth-order valence-electron chi connectivity index (χ4n) is 3.87. The molecular formula is C22H38O9Si. The number of carbonyl (C=O) groups is 2. The predicted molar refractivity (Wildman–Crippen MR) is 116 cm³/mol. The average molecular weight is 475 g/mol. The minimum atomic E-state index is -2.24. The van der Waals surface area contributed by atoms with Crippen LogP contribution in [0, 0.1) is 0 Å². The largest absolute Gasteiger partial charge is 0.452 e. The van der Waals surface area contributed by atoms with Crippen LogP contribution in [0.1, 0.15) is 55.4 Å². The van der Waals surface area contributed by atoms with Crippen LogP contribution in [0.2, 0.25) is 18.1 Å². The van der Waals surface area contributed by atoms with Gasteiger partial charge in [-0.05, 0) is 45.8 Å². The van der Waals surface area contributed by atoms with E-state index in [1.807, 2.05) is 0 Å². The van der Waals surface area contributed by atoms with Crippen LogP contribution in [0.5, 0.6) is 0 Å². The van der Waals surface area contributed by atoms with Crippen molar-refractivity contribution in [3.8, 4) is 0 Å². The molecule has 0 aromatic carbocycles. The molecule has 1 unspecified atom stereocenters. The van der Waals surface area contributed by atoms with E-state index in [1.165, 1.54) is 6.92 Å². The summed E-state index contributed by atoms with van der Waals surface area (Å²) in [6.07, 6.45) is -5.03. The molecule has 3 aliphatic rings. The third-order valence-corrected chi connectivity index (χ3v) is 10.9. The van der Waals surface area contributed by atoms with Gasteiger partial charge in [0.05, 0.1) is 6.61 Å². The van der Waals surface area contributed by atoms with Crippen LogP contribution in [0.4, 0.5) is 0 Å². The van der Waals surface area contributed by atoms with Crippen molar-refractivity contribution in [2.45, 2.75) is 122 Å². The van der Waals surface area contributed by atoms with Crippen LogP contribution < -0.4 is 0 Å². The molecule has 32 heavy (non-hydrogen) atoms. The molecule has 0 saturated carbocycles. The molecule has 6 atom stereocenters. The fourth-order valence-corrected chi connectivity index (χ4v) is 5.00. The molecule has 10 heteroatoms. The number of ketones is 1. The van der Waals surface area contributed by atoms with Gasteiger partial charge in [0.1, 0.15) is 18.3 Å². The molecule has 184 valence electrons. The van der Waals surface area contributed by atoms with E-state index < -0.39 is 68.5 Å². The number of ether oxygens (including phenoxy) is 6. The molecule has 0 aliphatic carbocycles. The normalized spacial score (nSPS) is 34.9. The Morgan fingerprint density at radius 1 is 1.00 bits per heavy atom. The molecule has 0 bridgehead atoms. The van der Waals surface area contributed by atoms with Crippen LogP contribution in [0.25, 0.3) is 0 Å². The van der Waals surface area contributed by atoms with Gasteiger partial charge in [0.15, 0.2) is 38.4 Å². The number of carbonyl (C=O) groups excluding carboxylic acids is 2. The molecule has 3 saturated heterocycles. The summed E-state index contributed by atoms with van der Waals surface area (Å²) in [5, 5.41) is -0.0657. The summed E-state index contributed by atoms with van der Waals surface area (Å²) in [6, 6.07) is 0. The lowest BCUT2D eigenvalue weighted by atomic mass is 10.00. The standard InChI is InChI=1S/C22H38O9Si/c1-12(23)26-15(13-11-25-21(5,6)28-13)14(24)16-17-18(30-22(7,8)29-17)19(27-16)31-32(9,10)20(2,3)4/h13,15-19H,11H2,1-10H3/t13-,15?,16+,17+,18+,19-/m1/s1. The fraction of sp³-hybridized carbons (Fsp3) is 0.909. The number of Topliss-reactive ketones (excluding diaryl/α,β-unsaturated/α-hetero) is 1. The molecule has 9 nitrogen and oxygen atoms in total. The van der Waals surface area contributed by atoms with Crippen molar-refractivity contribution in [2.75, 3.05) is 6.61 Å². The van der Waals surface area contributed by atoms with Gasteiger partial charge in [0, 0.05) is 6.92 Å². The van der Waals surface area contributed by atoms with E-state index in [0.717, 1.165) is 0 Å². The molecule has 3 heterocycles. The van der Waals surface area contributed by atoms with E-state index in [0.29, 0.717) is 0 Å². The van der Waals surface area contributed by atoms with Gasteiger partial charge in [-0.25, -0.2) is 0 Å². The second kappa shape index (κ2) is 8.40. The number of hydrogen-bond acceptors (Lipinski definition) is 9. The Balaban J connectivity index is 1.86. The first-order valence-electron chi connectivity index (χ1n) is 11.1. The molecule has 3 rings (SSSR count). The summed E-state index contributed by atoms with van der Waals surface area (Å²) in [5.74, 6) is -2.84. The molecular weight excluding hydrogens is 436 g/mol. The third-order valence-electron chi connectivity index (χ3n) is 6.45. The maximum atomic E-state index is 13.6. The summed E-state index contributed by atoms with van der Waals surface area (Å²) in [4.78, 5) is 25.4. The van der Waals surface area contributed by atoms with E-state index in [2.05, 4.69) is 33.9 Å². The van der Waals surface area contributed by atoms with Gasteiger partial charge >= 0.3 is 5.97 Å². The van der Waals surface area contributed by atoms with Crippen LogP contribution in [0.15, 0.2) is 0 Å². The van der Waals surface area contributed by atoms with Gasteiger partial charge in [0.2, 0.25) is 5.78 Å². The van der Waals surface area contributed by atoms with E-state index in [9.17, 15) is 9.59 Å². The Kier molecular flexibility index (Phi) is 6.76. The Hall–Kier alpha value is -0.883. The lowest BCUT2D eigenvalue weighted by Gasteiger charge is -2.39. The Labute approximate surface area is 191 Å². The van der Waals surface area contributed by atoms with Crippen molar-refractivity contribution < 1.29 is 42.4 Å². The first-order chi connectivity index (χ1) is 14.4. The number of hydrogen-bond donors (Lipinski definition) is 0. The third kappa shape index (κ3) is 5.27. The van der Waals surface area contributed by atoms with Crippen LogP contribution >= 0.6 is 0 Å². The van der Waals surface area contributed by atoms with Gasteiger partial charge in [-0.3, -0.25) is 9.59 Å². The second-order valence-electron chi connectivity index (χ2n) is 11.2. The van der Waals surface area contributed by atoms with Crippen molar-refractivity contribution in [1.29, 1.82) is 0 Å². The van der Waals surface area contributed by atoms with Gasteiger partial charge in [-0.2, -0.15) is 0 Å². The van der Waals surface area contributed by atoms with E-state index in [4.69, 9.17) is 32.8 Å². The highest BCUT2D eigenvalue weighted by Gasteiger charge is 2.61. The first-order valence-corrected chi connectivity index (χ1v) is 14.0. The summed E-state index contributed by atoms with van der Waals surface area (Å²) >= 11 is 0. The zero-order chi connectivity index (χ0) is 24.3. The van der Waals surface area contributed by atoms with Gasteiger partial charge in [0.25, 0.3) is 0 Å². The summed E-state index contributed by atoms with van der Waals surface area (Å²) < 4.78 is 41.5. The number of rotatable bonds is 6. The molecule has 0 radical (unpaired) electrons. The van der Waals surface area contributed by atoms with Gasteiger partial charge < -0.3 is 32.8 Å². The first kappa shape index (κ1) is 25.7. The molecule has 3 aliphatic heterocycles. The van der Waals surface area contributed by atoms with Crippen LogP contribution in [0.3, 0.4) is 0 Å². The topological polar surface area (TPSA) is 98.8 Å². The minimum Gasteiger partial charge on any atom is -0.452 e. The molecule has 0 spiro atoms. The monoisotopic (exact) mass is 474 g/mol. The maximum absolute atomic E-state index is 13.6. The summed E-state index contributed by atoms with van der Waals surface area (Å²) in [7, 11) is -2.24. The second-order valence-corrected chi connectivity index (χ2v) is 15.9. The minimum absolute atomic E-state index is 0.0657. The molecule has 0 N–H and O–H groups in total. The van der Waals surface area contributed by atoms with E-state index in [-0.39, 0.29) is 11.6 Å². The van der Waals surface area contributed by atoms with Crippen molar-refractivity contribution in [1.82, 2.24) is 0 Å². The van der Waals surface area contributed by atoms with Crippen molar-refractivity contribution in [3.05, 3.63) is 0 Å². The zero-order valence-electron chi connectivity index (χ0n) is 20.8. The maximum Gasteiger partial charge on any atom is 0.303 e. The molecule has 0 aromatic rings. The zero-order valence-corrected chi connectivity index (χ0v) is 21.8. The summed E-state index contributed by atoms with van der Waals surface area (Å²) in [6.45, 7) is 19.0. The average Bonchev–Trinajstić information content (AvgIpc) is 3.22. The molecule has 0 aromatic heterocycles. The molecule has 0 amide bonds. The highest BCUT2D eigenvalue weighted by molar-refractivity contribution is 6.74. The van der Waals surface area contributed by atoms with Crippen LogP contribution in [-0.4, -0.2) is 75.1 Å². The number of esters is 1. The Morgan fingerprint density at radius 3 is 2.09 bits per heavy atom. The van der Waals surface area contributed by atoms with Gasteiger partial charge in [-0.1, -0.05) is 20.8 Å². The Bertz CT molecular complexity index is 742. The lowest BCUT2D eigenvalue weighted by molar-refractivity contribution is -0.219. The van der Waals surface area contributed by atoms with E-state index in [1.54, 1.807) is 27.7 Å². The van der Waals surface area contributed by atoms with E-state index >= 15 is 0 Å². The highest BCUT2D eigenvalue weighted by atomic mass is 28.4. The quantitative estimate of drug-likeness (QED) is 0.425. The van der Waals surface area contributed by atoms with Crippen molar-refractivity contribution in [2.24, 2.45) is 0 Å². The predicted octanol–water partition coefficient (Wildman–Crippen LogP) is 2.91. The van der Waals surface area contributed by atoms with Gasteiger partial charge in [-0.15, -0.1) is 0 Å². The summed E-state index contributed by atoms with van der Waals surface area (Å²) in [5.41, 5.74) is 0. The Morgan fingerprint density at radius 2 is 1.59 bits per heavy atom. The highest BCUT2D eigenvalue weighted by Crippen LogP contribution is 2.44. The van der Waals surface area contributed by atoms with Crippen molar-refractivity contribution >= 4 is 20.1 Å². The molecule has 3 fully saturated rings. The lowest BCUT2D eigenvalue weighted by Crippen LogP contribution is -2.49. The smallest absolute Gasteiger partial charge is 0.303 e. The van der Waals surface area contributed by atoms with Crippen LogP contribution in [-0.2, 0) is 42.4 Å².